The Bertz CT molecular complexity index is 228. The lowest BCUT2D eigenvalue weighted by Gasteiger charge is -2.14. The van der Waals surface area contributed by atoms with Crippen LogP contribution < -0.4 is 0 Å². The van der Waals surface area contributed by atoms with E-state index in [1.165, 1.54) is 10.6 Å². The molecule has 1 heteroatoms. The Balaban J connectivity index is 2.35. The SMILES string of the molecule is CC(C)C(C)CSc1ccccc1. The summed E-state index contributed by atoms with van der Waals surface area (Å²) in [7, 11) is 0. The van der Waals surface area contributed by atoms with Crippen LogP contribution in [-0.4, -0.2) is 5.75 Å². The van der Waals surface area contributed by atoms with Crippen LogP contribution >= 0.6 is 11.8 Å². The van der Waals surface area contributed by atoms with Crippen molar-refractivity contribution in [2.45, 2.75) is 25.7 Å². The van der Waals surface area contributed by atoms with Gasteiger partial charge >= 0.3 is 0 Å². The molecule has 0 aliphatic rings. The van der Waals surface area contributed by atoms with Crippen LogP contribution in [0.15, 0.2) is 35.2 Å². The highest BCUT2D eigenvalue weighted by atomic mass is 32.2. The molecule has 0 aliphatic heterocycles. The van der Waals surface area contributed by atoms with Gasteiger partial charge in [0.1, 0.15) is 0 Å². The summed E-state index contributed by atoms with van der Waals surface area (Å²) < 4.78 is 0. The van der Waals surface area contributed by atoms with E-state index in [9.17, 15) is 0 Å². The first-order chi connectivity index (χ1) is 6.20. The Morgan fingerprint density at radius 3 is 2.23 bits per heavy atom. The lowest BCUT2D eigenvalue weighted by molar-refractivity contribution is 0.464. The first kappa shape index (κ1) is 10.6. The fraction of sp³-hybridized carbons (Fsp3) is 0.500. The lowest BCUT2D eigenvalue weighted by Crippen LogP contribution is -2.06. The van der Waals surface area contributed by atoms with Crippen molar-refractivity contribution >= 4 is 11.8 Å². The monoisotopic (exact) mass is 194 g/mol. The van der Waals surface area contributed by atoms with Crippen molar-refractivity contribution in [2.24, 2.45) is 11.8 Å². The Hall–Kier alpha value is -0.430. The molecule has 72 valence electrons. The Labute approximate surface area is 85.7 Å². The maximum absolute atomic E-state index is 2.32. The fourth-order valence-electron chi connectivity index (χ4n) is 0.937. The summed E-state index contributed by atoms with van der Waals surface area (Å²) in [5, 5.41) is 0. The molecule has 13 heavy (non-hydrogen) atoms. The summed E-state index contributed by atoms with van der Waals surface area (Å²) in [4.78, 5) is 1.38. The van der Waals surface area contributed by atoms with Gasteiger partial charge in [0.2, 0.25) is 0 Å². The Morgan fingerprint density at radius 1 is 1.08 bits per heavy atom. The van der Waals surface area contributed by atoms with Crippen LogP contribution in [0.25, 0.3) is 0 Å². The molecular weight excluding hydrogens is 176 g/mol. The molecule has 0 saturated heterocycles. The highest BCUT2D eigenvalue weighted by molar-refractivity contribution is 7.99. The van der Waals surface area contributed by atoms with Gasteiger partial charge in [0.05, 0.1) is 0 Å². The standard InChI is InChI=1S/C12H18S/c1-10(2)11(3)9-13-12-7-5-4-6-8-12/h4-8,10-11H,9H2,1-3H3. The van der Waals surface area contributed by atoms with Gasteiger partial charge in [-0.2, -0.15) is 0 Å². The topological polar surface area (TPSA) is 0 Å². The molecule has 0 N–H and O–H groups in total. The van der Waals surface area contributed by atoms with Crippen LogP contribution in [-0.2, 0) is 0 Å². The summed E-state index contributed by atoms with van der Waals surface area (Å²) in [6, 6.07) is 10.6. The van der Waals surface area contributed by atoms with Crippen LogP contribution in [0.1, 0.15) is 20.8 Å². The summed E-state index contributed by atoms with van der Waals surface area (Å²) in [5.41, 5.74) is 0. The number of thioether (sulfide) groups is 1. The van der Waals surface area contributed by atoms with Crippen molar-refractivity contribution in [3.63, 3.8) is 0 Å². The van der Waals surface area contributed by atoms with E-state index < -0.39 is 0 Å². The zero-order chi connectivity index (χ0) is 9.68. The van der Waals surface area contributed by atoms with Gasteiger partial charge in [-0.15, -0.1) is 11.8 Å². The molecule has 0 nitrogen and oxygen atoms in total. The van der Waals surface area contributed by atoms with Gasteiger partial charge in [0, 0.05) is 10.6 Å². The fourth-order valence-corrected chi connectivity index (χ4v) is 2.13. The summed E-state index contributed by atoms with van der Waals surface area (Å²) in [6.45, 7) is 6.90. The van der Waals surface area contributed by atoms with Crippen molar-refractivity contribution in [1.82, 2.24) is 0 Å². The smallest absolute Gasteiger partial charge is 0.00720 e. The number of benzene rings is 1. The largest absolute Gasteiger partial charge is 0.126 e. The van der Waals surface area contributed by atoms with Crippen LogP contribution in [0, 0.1) is 11.8 Å². The van der Waals surface area contributed by atoms with Gasteiger partial charge in [-0.1, -0.05) is 39.0 Å². The third-order valence-electron chi connectivity index (χ3n) is 2.39. The normalized spacial score (nSPS) is 13.2. The van der Waals surface area contributed by atoms with Crippen LogP contribution in [0.4, 0.5) is 0 Å². The molecule has 0 bridgehead atoms. The van der Waals surface area contributed by atoms with Gasteiger partial charge in [-0.3, -0.25) is 0 Å². The van der Waals surface area contributed by atoms with E-state index in [2.05, 4.69) is 51.1 Å². The molecule has 1 atom stereocenters. The quantitative estimate of drug-likeness (QED) is 0.651. The van der Waals surface area contributed by atoms with E-state index in [1.54, 1.807) is 0 Å². The van der Waals surface area contributed by atoms with Crippen molar-refractivity contribution < 1.29 is 0 Å². The average Bonchev–Trinajstić information content (AvgIpc) is 2.15. The second-order valence-electron chi connectivity index (χ2n) is 3.85. The maximum Gasteiger partial charge on any atom is 0.00720 e. The maximum atomic E-state index is 2.32. The minimum atomic E-state index is 0.788. The first-order valence-electron chi connectivity index (χ1n) is 4.88. The zero-order valence-electron chi connectivity index (χ0n) is 8.66. The molecule has 0 fully saturated rings. The van der Waals surface area contributed by atoms with E-state index in [0.717, 1.165) is 11.8 Å². The van der Waals surface area contributed by atoms with Gasteiger partial charge in [-0.05, 0) is 24.0 Å². The number of rotatable bonds is 4. The molecule has 0 aromatic heterocycles. The van der Waals surface area contributed by atoms with Crippen LogP contribution in [0.2, 0.25) is 0 Å². The molecule has 0 spiro atoms. The molecule has 0 heterocycles. The summed E-state index contributed by atoms with van der Waals surface area (Å²) in [6.07, 6.45) is 0. The van der Waals surface area contributed by atoms with Gasteiger partial charge in [-0.25, -0.2) is 0 Å². The van der Waals surface area contributed by atoms with Crippen molar-refractivity contribution in [1.29, 1.82) is 0 Å². The first-order valence-corrected chi connectivity index (χ1v) is 5.86. The highest BCUT2D eigenvalue weighted by Crippen LogP contribution is 2.23. The number of hydrogen-bond acceptors (Lipinski definition) is 1. The van der Waals surface area contributed by atoms with Crippen LogP contribution in [0.3, 0.4) is 0 Å². The second kappa shape index (κ2) is 5.33. The van der Waals surface area contributed by atoms with Crippen molar-refractivity contribution in [3.8, 4) is 0 Å². The predicted octanol–water partition coefficient (Wildman–Crippen LogP) is 4.07. The Kier molecular flexibility index (Phi) is 4.37. The summed E-state index contributed by atoms with van der Waals surface area (Å²) >= 11 is 1.96. The van der Waals surface area contributed by atoms with Gasteiger partial charge < -0.3 is 0 Å². The molecule has 0 radical (unpaired) electrons. The minimum absolute atomic E-state index is 0.788. The third-order valence-corrected chi connectivity index (χ3v) is 3.69. The molecule has 1 aromatic rings. The highest BCUT2D eigenvalue weighted by Gasteiger charge is 2.06. The average molecular weight is 194 g/mol. The zero-order valence-corrected chi connectivity index (χ0v) is 9.47. The summed E-state index contributed by atoms with van der Waals surface area (Å²) in [5.74, 6) is 2.81. The minimum Gasteiger partial charge on any atom is -0.126 e. The van der Waals surface area contributed by atoms with E-state index in [0.29, 0.717) is 0 Å². The predicted molar refractivity (Wildman–Crippen MR) is 61.2 cm³/mol. The van der Waals surface area contributed by atoms with Crippen molar-refractivity contribution in [2.75, 3.05) is 5.75 Å². The lowest BCUT2D eigenvalue weighted by atomic mass is 10.0. The van der Waals surface area contributed by atoms with E-state index in [1.807, 2.05) is 11.8 Å². The molecular formula is C12H18S. The van der Waals surface area contributed by atoms with E-state index in [4.69, 9.17) is 0 Å². The molecule has 0 saturated carbocycles. The molecule has 0 amide bonds. The Morgan fingerprint density at radius 2 is 1.69 bits per heavy atom. The molecule has 1 rings (SSSR count). The van der Waals surface area contributed by atoms with Gasteiger partial charge in [0.15, 0.2) is 0 Å². The van der Waals surface area contributed by atoms with Crippen molar-refractivity contribution in [3.05, 3.63) is 30.3 Å². The molecule has 1 unspecified atom stereocenters. The number of hydrogen-bond donors (Lipinski definition) is 0. The molecule has 1 aromatic carbocycles. The molecule has 0 aliphatic carbocycles. The van der Waals surface area contributed by atoms with E-state index in [-0.39, 0.29) is 0 Å². The van der Waals surface area contributed by atoms with Gasteiger partial charge in [0.25, 0.3) is 0 Å². The van der Waals surface area contributed by atoms with Crippen LogP contribution in [0.5, 0.6) is 0 Å². The second-order valence-corrected chi connectivity index (χ2v) is 4.94. The van der Waals surface area contributed by atoms with E-state index >= 15 is 0 Å². The third kappa shape index (κ3) is 3.86.